The average Bonchev–Trinajstić information content (AvgIpc) is 2.94. The fourth-order valence-corrected chi connectivity index (χ4v) is 5.64. The zero-order chi connectivity index (χ0) is 26.9. The second kappa shape index (κ2) is 13.9. The Morgan fingerprint density at radius 3 is 2.58 bits per heavy atom. The number of fused-ring (bicyclic) bond motifs is 1. The molecule has 1 N–H and O–H groups in total. The molecule has 2 aromatic rings. The molecule has 1 aliphatic heterocycles. The number of carbonyl (C=O) groups excluding carboxylic acids is 2. The SMILES string of the molecule is COCCCOc1cc(C(=O)N(C(C)C)[C@@H]2CCCNC2)nc2c(OCC(=O)C3CCCCC3)cccc12. The van der Waals surface area contributed by atoms with E-state index in [4.69, 9.17) is 19.2 Å². The van der Waals surface area contributed by atoms with Crippen LogP contribution in [0, 0.1) is 5.92 Å². The number of nitrogens with one attached hydrogen (secondary N) is 1. The van der Waals surface area contributed by atoms with Gasteiger partial charge in [0.15, 0.2) is 5.78 Å². The second-order valence-electron chi connectivity index (χ2n) is 10.7. The number of benzene rings is 1. The van der Waals surface area contributed by atoms with E-state index >= 15 is 0 Å². The monoisotopic (exact) mass is 525 g/mol. The van der Waals surface area contributed by atoms with E-state index in [2.05, 4.69) is 5.32 Å². The lowest BCUT2D eigenvalue weighted by atomic mass is 9.86. The van der Waals surface area contributed by atoms with Gasteiger partial charge in [0.1, 0.15) is 29.3 Å². The number of para-hydroxylation sites is 1. The summed E-state index contributed by atoms with van der Waals surface area (Å²) in [6.45, 7) is 6.89. The van der Waals surface area contributed by atoms with E-state index < -0.39 is 0 Å². The molecule has 1 saturated carbocycles. The van der Waals surface area contributed by atoms with E-state index in [1.54, 1.807) is 13.2 Å². The normalized spacial score (nSPS) is 18.5. The third-order valence-electron chi connectivity index (χ3n) is 7.62. The van der Waals surface area contributed by atoms with E-state index in [-0.39, 0.29) is 36.3 Å². The highest BCUT2D eigenvalue weighted by molar-refractivity contribution is 5.99. The first-order chi connectivity index (χ1) is 18.5. The van der Waals surface area contributed by atoms with Crippen molar-refractivity contribution in [2.45, 2.75) is 77.3 Å². The molecule has 1 amide bonds. The molecule has 2 fully saturated rings. The van der Waals surface area contributed by atoms with Crippen LogP contribution in [0.5, 0.6) is 11.5 Å². The van der Waals surface area contributed by atoms with Gasteiger partial charge < -0.3 is 24.4 Å². The molecule has 8 heteroatoms. The van der Waals surface area contributed by atoms with Crippen LogP contribution in [0.15, 0.2) is 24.3 Å². The van der Waals surface area contributed by atoms with E-state index in [0.717, 1.165) is 63.4 Å². The summed E-state index contributed by atoms with van der Waals surface area (Å²) in [5.74, 6) is 1.18. The molecule has 0 spiro atoms. The van der Waals surface area contributed by atoms with Crippen molar-refractivity contribution < 1.29 is 23.8 Å². The van der Waals surface area contributed by atoms with E-state index in [9.17, 15) is 9.59 Å². The van der Waals surface area contributed by atoms with Gasteiger partial charge in [-0.2, -0.15) is 0 Å². The molecule has 208 valence electrons. The minimum atomic E-state index is -0.120. The molecule has 38 heavy (non-hydrogen) atoms. The molecule has 2 heterocycles. The van der Waals surface area contributed by atoms with Crippen LogP contribution >= 0.6 is 0 Å². The molecule has 1 saturated heterocycles. The van der Waals surface area contributed by atoms with E-state index in [1.165, 1.54) is 6.42 Å². The molecule has 1 aromatic heterocycles. The van der Waals surface area contributed by atoms with Crippen molar-refractivity contribution in [3.8, 4) is 11.5 Å². The Morgan fingerprint density at radius 1 is 1.05 bits per heavy atom. The summed E-state index contributed by atoms with van der Waals surface area (Å²) >= 11 is 0. The third kappa shape index (κ3) is 7.03. The van der Waals surface area contributed by atoms with Crippen LogP contribution in [0.4, 0.5) is 0 Å². The number of ketones is 1. The number of aromatic nitrogens is 1. The van der Waals surface area contributed by atoms with Gasteiger partial charge in [0, 0.05) is 56.1 Å². The number of rotatable bonds is 12. The quantitative estimate of drug-likeness (QED) is 0.399. The number of hydrogen-bond donors (Lipinski definition) is 1. The minimum absolute atomic E-state index is 0.0134. The maximum absolute atomic E-state index is 13.9. The Balaban J connectivity index is 1.65. The maximum Gasteiger partial charge on any atom is 0.273 e. The van der Waals surface area contributed by atoms with Gasteiger partial charge in [-0.1, -0.05) is 25.3 Å². The molecule has 2 aliphatic rings. The van der Waals surface area contributed by atoms with Gasteiger partial charge in [0.2, 0.25) is 0 Å². The summed E-state index contributed by atoms with van der Waals surface area (Å²) in [6.07, 6.45) is 8.00. The Hall–Kier alpha value is -2.71. The number of pyridine rings is 1. The fraction of sp³-hybridized carbons (Fsp3) is 0.633. The summed E-state index contributed by atoms with van der Waals surface area (Å²) in [7, 11) is 1.66. The topological polar surface area (TPSA) is 90.0 Å². The smallest absolute Gasteiger partial charge is 0.273 e. The van der Waals surface area contributed by atoms with Crippen molar-refractivity contribution in [1.29, 1.82) is 0 Å². The van der Waals surface area contributed by atoms with Crippen LogP contribution in [0.3, 0.4) is 0 Å². The number of Topliss-reactive ketones (excluding diaryl/α,β-unsaturated/α-hetero) is 1. The molecule has 1 atom stereocenters. The standard InChI is InChI=1S/C30H43N3O5/c1-21(2)33(23-12-8-15-31-19-23)30(35)25-18-28(37-17-9-16-36-3)24-13-7-14-27(29(24)32-25)38-20-26(34)22-10-5-4-6-11-22/h7,13-14,18,21-23,31H,4-6,8-12,15-17,19-20H2,1-3H3/t23-/m1/s1. The van der Waals surface area contributed by atoms with Gasteiger partial charge in [-0.05, 0) is 58.2 Å². The van der Waals surface area contributed by atoms with E-state index in [1.807, 2.05) is 36.9 Å². The van der Waals surface area contributed by atoms with Crippen LogP contribution < -0.4 is 14.8 Å². The van der Waals surface area contributed by atoms with Gasteiger partial charge in [0.05, 0.1) is 6.61 Å². The minimum Gasteiger partial charge on any atom is -0.493 e. The zero-order valence-electron chi connectivity index (χ0n) is 23.2. The first-order valence-corrected chi connectivity index (χ1v) is 14.2. The summed E-state index contributed by atoms with van der Waals surface area (Å²) < 4.78 is 17.4. The lowest BCUT2D eigenvalue weighted by Gasteiger charge is -2.37. The highest BCUT2D eigenvalue weighted by Crippen LogP contribution is 2.33. The Kier molecular flexibility index (Phi) is 10.4. The number of amides is 1. The van der Waals surface area contributed by atoms with Gasteiger partial charge in [-0.15, -0.1) is 0 Å². The average molecular weight is 526 g/mol. The Bertz CT molecular complexity index is 1080. The third-order valence-corrected chi connectivity index (χ3v) is 7.62. The first kappa shape index (κ1) is 28.3. The van der Waals surface area contributed by atoms with E-state index in [0.29, 0.717) is 35.9 Å². The van der Waals surface area contributed by atoms with Crippen molar-refractivity contribution in [3.63, 3.8) is 0 Å². The predicted octanol–water partition coefficient (Wildman–Crippen LogP) is 4.78. The summed E-state index contributed by atoms with van der Waals surface area (Å²) in [6, 6.07) is 7.50. The number of methoxy groups -OCH3 is 1. The highest BCUT2D eigenvalue weighted by atomic mass is 16.5. The molecule has 8 nitrogen and oxygen atoms in total. The molecule has 1 aromatic carbocycles. The van der Waals surface area contributed by atoms with Gasteiger partial charge in [-0.25, -0.2) is 4.98 Å². The number of piperidine rings is 1. The fourth-order valence-electron chi connectivity index (χ4n) is 5.64. The summed E-state index contributed by atoms with van der Waals surface area (Å²) in [5.41, 5.74) is 0.871. The van der Waals surface area contributed by atoms with Crippen molar-refractivity contribution in [2.24, 2.45) is 5.92 Å². The Labute approximate surface area is 226 Å². The predicted molar refractivity (Wildman–Crippen MR) is 148 cm³/mol. The van der Waals surface area contributed by atoms with Gasteiger partial charge in [-0.3, -0.25) is 9.59 Å². The zero-order valence-corrected chi connectivity index (χ0v) is 23.2. The van der Waals surface area contributed by atoms with Crippen LogP contribution in [0.2, 0.25) is 0 Å². The highest BCUT2D eigenvalue weighted by Gasteiger charge is 2.30. The first-order valence-electron chi connectivity index (χ1n) is 14.2. The van der Waals surface area contributed by atoms with Gasteiger partial charge >= 0.3 is 0 Å². The lowest BCUT2D eigenvalue weighted by molar-refractivity contribution is -0.125. The van der Waals surface area contributed by atoms with Crippen molar-refractivity contribution in [2.75, 3.05) is 40.0 Å². The molecule has 0 unspecified atom stereocenters. The number of hydrogen-bond acceptors (Lipinski definition) is 7. The number of nitrogens with zero attached hydrogens (tertiary/aromatic N) is 2. The molecule has 0 radical (unpaired) electrons. The van der Waals surface area contributed by atoms with Crippen molar-refractivity contribution in [1.82, 2.24) is 15.2 Å². The molecular weight excluding hydrogens is 482 g/mol. The van der Waals surface area contributed by atoms with Crippen LogP contribution in [-0.2, 0) is 9.53 Å². The Morgan fingerprint density at radius 2 is 1.87 bits per heavy atom. The van der Waals surface area contributed by atoms with Crippen molar-refractivity contribution in [3.05, 3.63) is 30.0 Å². The summed E-state index contributed by atoms with van der Waals surface area (Å²) in [4.78, 5) is 33.5. The van der Waals surface area contributed by atoms with Gasteiger partial charge in [0.25, 0.3) is 5.91 Å². The summed E-state index contributed by atoms with van der Waals surface area (Å²) in [5, 5.41) is 4.18. The van der Waals surface area contributed by atoms with Crippen LogP contribution in [0.1, 0.15) is 75.7 Å². The number of ether oxygens (including phenoxy) is 3. The van der Waals surface area contributed by atoms with Crippen LogP contribution in [0.25, 0.3) is 10.9 Å². The van der Waals surface area contributed by atoms with Crippen molar-refractivity contribution >= 4 is 22.6 Å². The number of carbonyl (C=O) groups is 2. The molecule has 0 bridgehead atoms. The molecular formula is C30H43N3O5. The lowest BCUT2D eigenvalue weighted by Crippen LogP contribution is -2.51. The maximum atomic E-state index is 13.9. The molecule has 1 aliphatic carbocycles. The van der Waals surface area contributed by atoms with Crippen LogP contribution in [-0.4, -0.2) is 73.7 Å². The molecule has 4 rings (SSSR count). The second-order valence-corrected chi connectivity index (χ2v) is 10.7. The largest absolute Gasteiger partial charge is 0.493 e.